The maximum Gasteiger partial charge on any atom is 0.340 e. The van der Waals surface area contributed by atoms with Crippen molar-refractivity contribution in [2.75, 3.05) is 26.1 Å². The van der Waals surface area contributed by atoms with Crippen molar-refractivity contribution in [2.24, 2.45) is 0 Å². The molecular weight excluding hydrogens is 452 g/mol. The molecule has 35 heavy (non-hydrogen) atoms. The number of aryl methyl sites for hydroxylation is 1. The summed E-state index contributed by atoms with van der Waals surface area (Å²) in [6.45, 7) is -0.475. The minimum absolute atomic E-state index is 0.00151. The van der Waals surface area contributed by atoms with Crippen LogP contribution in [0.4, 0.5) is 5.69 Å². The van der Waals surface area contributed by atoms with Crippen molar-refractivity contribution in [3.8, 4) is 11.5 Å². The van der Waals surface area contributed by atoms with Crippen molar-refractivity contribution >= 4 is 23.5 Å². The van der Waals surface area contributed by atoms with E-state index in [0.717, 1.165) is 24.8 Å². The zero-order valence-corrected chi connectivity index (χ0v) is 19.5. The zero-order chi connectivity index (χ0) is 24.8. The lowest BCUT2D eigenvalue weighted by molar-refractivity contribution is -0.125. The fraction of sp³-hybridized carbons (Fsp3) is 0.269. The summed E-state index contributed by atoms with van der Waals surface area (Å²) in [6.07, 6.45) is 4.12. The lowest BCUT2D eigenvalue weighted by Crippen LogP contribution is -2.34. The number of hydrogen-bond donors (Lipinski definition) is 2. The molecule has 9 nitrogen and oxygen atoms in total. The SMILES string of the molecule is COc1cc(NC(=O)c2ccco2)c(C(=O)OCC(=O)N[C@@H]2CCCc3ccccc32)cc1OC. The molecule has 0 radical (unpaired) electrons. The monoisotopic (exact) mass is 478 g/mol. The molecule has 0 saturated heterocycles. The Bertz CT molecular complexity index is 1220. The van der Waals surface area contributed by atoms with Crippen molar-refractivity contribution < 1.29 is 33.0 Å². The molecule has 2 aromatic carbocycles. The predicted molar refractivity (Wildman–Crippen MR) is 127 cm³/mol. The van der Waals surface area contributed by atoms with Crippen LogP contribution < -0.4 is 20.1 Å². The van der Waals surface area contributed by atoms with Gasteiger partial charge in [0, 0.05) is 12.1 Å². The van der Waals surface area contributed by atoms with Crippen LogP contribution in [-0.4, -0.2) is 38.6 Å². The van der Waals surface area contributed by atoms with E-state index in [0.29, 0.717) is 5.75 Å². The first kappa shape index (κ1) is 23.9. The zero-order valence-electron chi connectivity index (χ0n) is 19.5. The highest BCUT2D eigenvalue weighted by Crippen LogP contribution is 2.34. The molecule has 0 aliphatic heterocycles. The summed E-state index contributed by atoms with van der Waals surface area (Å²) in [6, 6.07) is 13.7. The molecule has 9 heteroatoms. The van der Waals surface area contributed by atoms with Crippen molar-refractivity contribution in [3.05, 3.63) is 77.2 Å². The van der Waals surface area contributed by atoms with Crippen LogP contribution >= 0.6 is 0 Å². The number of anilines is 1. The summed E-state index contributed by atoms with van der Waals surface area (Å²) < 4.78 is 20.9. The first-order valence-electron chi connectivity index (χ1n) is 11.1. The Morgan fingerprint density at radius 3 is 2.54 bits per heavy atom. The molecule has 2 N–H and O–H groups in total. The summed E-state index contributed by atoms with van der Waals surface area (Å²) in [5.74, 6) is -1.16. The number of carbonyl (C=O) groups is 3. The van der Waals surface area contributed by atoms with Crippen LogP contribution in [0.2, 0.25) is 0 Å². The van der Waals surface area contributed by atoms with E-state index in [1.807, 2.05) is 18.2 Å². The van der Waals surface area contributed by atoms with E-state index in [2.05, 4.69) is 16.7 Å². The molecular formula is C26H26N2O7. The molecule has 1 aromatic heterocycles. The second kappa shape index (κ2) is 10.8. The van der Waals surface area contributed by atoms with E-state index < -0.39 is 24.4 Å². The number of amides is 2. The van der Waals surface area contributed by atoms with Gasteiger partial charge >= 0.3 is 5.97 Å². The van der Waals surface area contributed by atoms with Gasteiger partial charge in [0.1, 0.15) is 0 Å². The van der Waals surface area contributed by atoms with Gasteiger partial charge in [-0.25, -0.2) is 4.79 Å². The normalized spacial score (nSPS) is 14.4. The number of benzene rings is 2. The molecule has 0 fully saturated rings. The Morgan fingerprint density at radius 2 is 1.80 bits per heavy atom. The van der Waals surface area contributed by atoms with Gasteiger partial charge in [0.2, 0.25) is 0 Å². The first-order valence-corrected chi connectivity index (χ1v) is 11.1. The molecule has 2 amide bonds. The standard InChI is InChI=1S/C26H26N2O7/c1-32-22-13-18(20(14-23(22)33-2)28-25(30)21-11-6-12-34-21)26(31)35-15-24(29)27-19-10-5-8-16-7-3-4-9-17(16)19/h3-4,6-7,9,11-14,19H,5,8,10,15H2,1-2H3,(H,27,29)(H,28,30)/t19-/m1/s1. The van der Waals surface area contributed by atoms with Gasteiger partial charge in [-0.15, -0.1) is 0 Å². The van der Waals surface area contributed by atoms with Gasteiger partial charge < -0.3 is 29.3 Å². The van der Waals surface area contributed by atoms with E-state index in [9.17, 15) is 14.4 Å². The molecule has 182 valence electrons. The maximum absolute atomic E-state index is 12.9. The molecule has 1 atom stereocenters. The Kier molecular flexibility index (Phi) is 7.35. The third-order valence-electron chi connectivity index (χ3n) is 5.78. The minimum Gasteiger partial charge on any atom is -0.493 e. The molecule has 0 unspecified atom stereocenters. The lowest BCUT2D eigenvalue weighted by atomic mass is 9.88. The van der Waals surface area contributed by atoms with E-state index in [1.165, 1.54) is 44.2 Å². The van der Waals surface area contributed by atoms with Crippen molar-refractivity contribution in [2.45, 2.75) is 25.3 Å². The van der Waals surface area contributed by atoms with E-state index >= 15 is 0 Å². The van der Waals surface area contributed by atoms with E-state index in [1.54, 1.807) is 6.07 Å². The van der Waals surface area contributed by atoms with E-state index in [-0.39, 0.29) is 28.8 Å². The largest absolute Gasteiger partial charge is 0.493 e. The predicted octanol–water partition coefficient (Wildman–Crippen LogP) is 3.90. The van der Waals surface area contributed by atoms with Gasteiger partial charge in [-0.2, -0.15) is 0 Å². The quantitative estimate of drug-likeness (QED) is 0.472. The van der Waals surface area contributed by atoms with Gasteiger partial charge in [-0.05, 0) is 42.5 Å². The fourth-order valence-electron chi connectivity index (χ4n) is 4.09. The number of furan rings is 1. The number of methoxy groups -OCH3 is 2. The average Bonchev–Trinajstić information content (AvgIpc) is 3.42. The number of hydrogen-bond acceptors (Lipinski definition) is 7. The second-order valence-corrected chi connectivity index (χ2v) is 7.97. The van der Waals surface area contributed by atoms with Crippen LogP contribution in [0.1, 0.15) is 50.9 Å². The lowest BCUT2D eigenvalue weighted by Gasteiger charge is -2.26. The van der Waals surface area contributed by atoms with Crippen LogP contribution in [-0.2, 0) is 16.0 Å². The number of rotatable bonds is 8. The van der Waals surface area contributed by atoms with Gasteiger partial charge in [0.25, 0.3) is 11.8 Å². The number of fused-ring (bicyclic) bond motifs is 1. The Morgan fingerprint density at radius 1 is 1.03 bits per heavy atom. The van der Waals surface area contributed by atoms with E-state index in [4.69, 9.17) is 18.6 Å². The van der Waals surface area contributed by atoms with Gasteiger partial charge in [-0.3, -0.25) is 9.59 Å². The fourth-order valence-corrected chi connectivity index (χ4v) is 4.09. The van der Waals surface area contributed by atoms with Crippen LogP contribution in [0.15, 0.2) is 59.2 Å². The van der Waals surface area contributed by atoms with Gasteiger partial charge in [0.05, 0.1) is 37.8 Å². The topological polar surface area (TPSA) is 116 Å². The molecule has 1 aliphatic rings. The Labute approximate surface area is 202 Å². The summed E-state index contributed by atoms with van der Waals surface area (Å²) in [4.78, 5) is 38.0. The minimum atomic E-state index is -0.806. The number of ether oxygens (including phenoxy) is 3. The van der Waals surface area contributed by atoms with Crippen LogP contribution in [0.5, 0.6) is 11.5 Å². The summed E-state index contributed by atoms with van der Waals surface area (Å²) in [7, 11) is 2.85. The molecule has 0 bridgehead atoms. The van der Waals surface area contributed by atoms with Crippen molar-refractivity contribution in [3.63, 3.8) is 0 Å². The van der Waals surface area contributed by atoms with Crippen molar-refractivity contribution in [1.29, 1.82) is 0 Å². The Balaban J connectivity index is 1.47. The average molecular weight is 479 g/mol. The summed E-state index contributed by atoms with van der Waals surface area (Å²) in [5, 5.41) is 5.56. The van der Waals surface area contributed by atoms with Crippen LogP contribution in [0.3, 0.4) is 0 Å². The number of carbonyl (C=O) groups excluding carboxylic acids is 3. The van der Waals surface area contributed by atoms with Gasteiger partial charge in [0.15, 0.2) is 23.9 Å². The highest BCUT2D eigenvalue weighted by molar-refractivity contribution is 6.07. The van der Waals surface area contributed by atoms with Crippen LogP contribution in [0.25, 0.3) is 0 Å². The van der Waals surface area contributed by atoms with Gasteiger partial charge in [-0.1, -0.05) is 24.3 Å². The third kappa shape index (κ3) is 5.46. The summed E-state index contributed by atoms with van der Waals surface area (Å²) >= 11 is 0. The maximum atomic E-state index is 12.9. The molecule has 3 aromatic rings. The molecule has 1 aliphatic carbocycles. The molecule has 4 rings (SSSR count). The van der Waals surface area contributed by atoms with Crippen molar-refractivity contribution in [1.82, 2.24) is 5.32 Å². The molecule has 0 saturated carbocycles. The number of nitrogens with one attached hydrogen (secondary N) is 2. The highest BCUT2D eigenvalue weighted by Gasteiger charge is 2.24. The number of esters is 1. The van der Waals surface area contributed by atoms with Crippen LogP contribution in [0, 0.1) is 0 Å². The Hall–Kier alpha value is -4.27. The second-order valence-electron chi connectivity index (χ2n) is 7.97. The summed E-state index contributed by atoms with van der Waals surface area (Å²) in [5.41, 5.74) is 2.42. The molecule has 0 spiro atoms. The third-order valence-corrected chi connectivity index (χ3v) is 5.78. The molecule has 1 heterocycles. The first-order chi connectivity index (χ1) is 17.0. The highest BCUT2D eigenvalue weighted by atomic mass is 16.5. The smallest absolute Gasteiger partial charge is 0.340 e.